The number of rotatable bonds is 6. The summed E-state index contributed by atoms with van der Waals surface area (Å²) in [7, 11) is 1.60. The smallest absolute Gasteiger partial charge is 0.251 e. The second-order valence-corrected chi connectivity index (χ2v) is 6.18. The molecule has 0 aliphatic rings. The highest BCUT2D eigenvalue weighted by Gasteiger charge is 2.10. The number of hydrogen-bond acceptors (Lipinski definition) is 5. The number of carbonyl (C=O) groups excluding carboxylic acids is 1. The van der Waals surface area contributed by atoms with Crippen LogP contribution in [0, 0.1) is 6.92 Å². The van der Waals surface area contributed by atoms with Gasteiger partial charge in [-0.05, 0) is 60.0 Å². The van der Waals surface area contributed by atoms with Crippen molar-refractivity contribution in [3.63, 3.8) is 0 Å². The lowest BCUT2D eigenvalue weighted by Gasteiger charge is -2.10. The molecular formula is C21H22N4O2. The van der Waals surface area contributed by atoms with Crippen molar-refractivity contribution in [2.75, 3.05) is 7.11 Å². The summed E-state index contributed by atoms with van der Waals surface area (Å²) in [5.74, 6) is 0.525. The van der Waals surface area contributed by atoms with E-state index >= 15 is 0 Å². The van der Waals surface area contributed by atoms with Crippen LogP contribution in [0.2, 0.25) is 0 Å². The zero-order chi connectivity index (χ0) is 19.2. The molecule has 138 valence electrons. The Kier molecular flexibility index (Phi) is 5.78. The van der Waals surface area contributed by atoms with Crippen LogP contribution in [0.15, 0.2) is 54.9 Å². The zero-order valence-corrected chi connectivity index (χ0v) is 15.4. The summed E-state index contributed by atoms with van der Waals surface area (Å²) in [6.45, 7) is 2.60. The summed E-state index contributed by atoms with van der Waals surface area (Å²) in [4.78, 5) is 21.1. The van der Waals surface area contributed by atoms with Crippen molar-refractivity contribution in [1.82, 2.24) is 15.3 Å². The highest BCUT2D eigenvalue weighted by Crippen LogP contribution is 2.23. The predicted molar refractivity (Wildman–Crippen MR) is 104 cm³/mol. The molecule has 3 rings (SSSR count). The first kappa shape index (κ1) is 18.5. The highest BCUT2D eigenvalue weighted by molar-refractivity contribution is 5.95. The molecule has 3 aromatic rings. The quantitative estimate of drug-likeness (QED) is 0.704. The van der Waals surface area contributed by atoms with Gasteiger partial charge in [0.15, 0.2) is 0 Å². The summed E-state index contributed by atoms with van der Waals surface area (Å²) in [6.07, 6.45) is 3.41. The monoisotopic (exact) mass is 362 g/mol. The normalized spacial score (nSPS) is 10.5. The molecule has 0 atom stereocenters. The van der Waals surface area contributed by atoms with Gasteiger partial charge in [0.1, 0.15) is 5.75 Å². The minimum atomic E-state index is -0.179. The van der Waals surface area contributed by atoms with Gasteiger partial charge in [0.25, 0.3) is 5.91 Å². The molecular weight excluding hydrogens is 340 g/mol. The Bertz CT molecular complexity index is 956. The summed E-state index contributed by atoms with van der Waals surface area (Å²) in [6, 6.07) is 13.1. The molecule has 0 fully saturated rings. The van der Waals surface area contributed by atoms with Crippen LogP contribution in [-0.2, 0) is 13.1 Å². The van der Waals surface area contributed by atoms with Crippen molar-refractivity contribution < 1.29 is 9.53 Å². The van der Waals surface area contributed by atoms with Gasteiger partial charge in [0, 0.05) is 36.3 Å². The van der Waals surface area contributed by atoms with Crippen LogP contribution >= 0.6 is 0 Å². The molecule has 1 aromatic carbocycles. The first-order valence-electron chi connectivity index (χ1n) is 8.63. The standard InChI is InChI=1S/C21H22N4O2/c1-14-7-16(3-5-23-14)17-8-15(12-22)9-18(10-17)21(26)25-13-19-11-20(27-2)4-6-24-19/h3-11H,12-13,22H2,1-2H3,(H,25,26). The van der Waals surface area contributed by atoms with Crippen molar-refractivity contribution in [2.24, 2.45) is 5.73 Å². The van der Waals surface area contributed by atoms with Gasteiger partial charge in [-0.1, -0.05) is 0 Å². The minimum Gasteiger partial charge on any atom is -0.497 e. The molecule has 2 aromatic heterocycles. The van der Waals surface area contributed by atoms with Gasteiger partial charge in [-0.15, -0.1) is 0 Å². The molecule has 2 heterocycles. The third-order valence-electron chi connectivity index (χ3n) is 4.17. The van der Waals surface area contributed by atoms with Crippen LogP contribution in [0.4, 0.5) is 0 Å². The molecule has 1 amide bonds. The highest BCUT2D eigenvalue weighted by atomic mass is 16.5. The van der Waals surface area contributed by atoms with Gasteiger partial charge in [0.05, 0.1) is 19.3 Å². The van der Waals surface area contributed by atoms with Gasteiger partial charge < -0.3 is 15.8 Å². The Morgan fingerprint density at radius 3 is 2.63 bits per heavy atom. The number of nitrogens with one attached hydrogen (secondary N) is 1. The van der Waals surface area contributed by atoms with Crippen molar-refractivity contribution in [2.45, 2.75) is 20.0 Å². The SMILES string of the molecule is COc1ccnc(CNC(=O)c2cc(CN)cc(-c3ccnc(C)c3)c2)c1. The van der Waals surface area contributed by atoms with Crippen molar-refractivity contribution in [3.05, 3.63) is 77.4 Å². The summed E-state index contributed by atoms with van der Waals surface area (Å²) in [5.41, 5.74) is 10.9. The van der Waals surface area contributed by atoms with Gasteiger partial charge in [0.2, 0.25) is 0 Å². The molecule has 0 bridgehead atoms. The van der Waals surface area contributed by atoms with E-state index in [4.69, 9.17) is 10.5 Å². The van der Waals surface area contributed by atoms with Gasteiger partial charge in [-0.3, -0.25) is 14.8 Å². The molecule has 6 heteroatoms. The first-order valence-corrected chi connectivity index (χ1v) is 8.63. The van der Waals surface area contributed by atoms with Crippen molar-refractivity contribution in [3.8, 4) is 16.9 Å². The molecule has 0 spiro atoms. The Labute approximate surface area is 158 Å². The molecule has 0 radical (unpaired) electrons. The number of pyridine rings is 2. The molecule has 0 unspecified atom stereocenters. The number of nitrogens with two attached hydrogens (primary N) is 1. The van der Waals surface area contributed by atoms with Crippen LogP contribution in [0.5, 0.6) is 5.75 Å². The maximum Gasteiger partial charge on any atom is 0.251 e. The number of methoxy groups -OCH3 is 1. The average molecular weight is 362 g/mol. The van der Waals surface area contributed by atoms with Gasteiger partial charge in [-0.25, -0.2) is 0 Å². The Balaban J connectivity index is 1.82. The van der Waals surface area contributed by atoms with Crippen LogP contribution in [0.25, 0.3) is 11.1 Å². The van der Waals surface area contributed by atoms with Gasteiger partial charge >= 0.3 is 0 Å². The summed E-state index contributed by atoms with van der Waals surface area (Å²) in [5, 5.41) is 2.90. The van der Waals surface area contributed by atoms with Crippen LogP contribution in [-0.4, -0.2) is 23.0 Å². The lowest BCUT2D eigenvalue weighted by atomic mass is 9.99. The molecule has 0 aliphatic heterocycles. The van der Waals surface area contributed by atoms with E-state index in [1.54, 1.807) is 31.6 Å². The van der Waals surface area contributed by atoms with E-state index in [9.17, 15) is 4.79 Å². The third-order valence-corrected chi connectivity index (χ3v) is 4.17. The Morgan fingerprint density at radius 1 is 1.07 bits per heavy atom. The summed E-state index contributed by atoms with van der Waals surface area (Å²) >= 11 is 0. The lowest BCUT2D eigenvalue weighted by molar-refractivity contribution is 0.0950. The summed E-state index contributed by atoms with van der Waals surface area (Å²) < 4.78 is 5.18. The van der Waals surface area contributed by atoms with E-state index in [-0.39, 0.29) is 5.91 Å². The number of nitrogens with zero attached hydrogens (tertiary/aromatic N) is 2. The molecule has 0 saturated carbocycles. The fourth-order valence-corrected chi connectivity index (χ4v) is 2.79. The molecule has 6 nitrogen and oxygen atoms in total. The molecule has 27 heavy (non-hydrogen) atoms. The largest absolute Gasteiger partial charge is 0.497 e. The Morgan fingerprint density at radius 2 is 1.89 bits per heavy atom. The number of amides is 1. The number of aryl methyl sites for hydroxylation is 1. The van der Waals surface area contributed by atoms with Crippen LogP contribution < -0.4 is 15.8 Å². The fourth-order valence-electron chi connectivity index (χ4n) is 2.79. The number of aromatic nitrogens is 2. The van der Waals surface area contributed by atoms with E-state index < -0.39 is 0 Å². The number of benzene rings is 1. The fraction of sp³-hybridized carbons (Fsp3) is 0.190. The van der Waals surface area contributed by atoms with E-state index in [1.165, 1.54) is 0 Å². The van der Waals surface area contributed by atoms with Crippen molar-refractivity contribution in [1.29, 1.82) is 0 Å². The number of carbonyl (C=O) groups is 1. The van der Waals surface area contributed by atoms with Crippen molar-refractivity contribution >= 4 is 5.91 Å². The molecule has 0 saturated heterocycles. The Hall–Kier alpha value is -3.25. The van der Waals surface area contributed by atoms with E-state index in [0.717, 1.165) is 28.1 Å². The maximum atomic E-state index is 12.7. The number of hydrogen-bond donors (Lipinski definition) is 2. The van der Waals surface area contributed by atoms with E-state index in [1.807, 2.05) is 37.3 Å². The minimum absolute atomic E-state index is 0.179. The second-order valence-electron chi connectivity index (χ2n) is 6.18. The maximum absolute atomic E-state index is 12.7. The van der Waals surface area contributed by atoms with Gasteiger partial charge in [-0.2, -0.15) is 0 Å². The third kappa shape index (κ3) is 4.68. The van der Waals surface area contributed by atoms with Crippen LogP contribution in [0.3, 0.4) is 0 Å². The zero-order valence-electron chi connectivity index (χ0n) is 15.4. The first-order chi connectivity index (χ1) is 13.1. The predicted octanol–water partition coefficient (Wildman–Crippen LogP) is 2.85. The topological polar surface area (TPSA) is 90.1 Å². The van der Waals surface area contributed by atoms with E-state index in [0.29, 0.717) is 24.4 Å². The lowest BCUT2D eigenvalue weighted by Crippen LogP contribution is -2.23. The van der Waals surface area contributed by atoms with Crippen LogP contribution in [0.1, 0.15) is 27.3 Å². The van der Waals surface area contributed by atoms with E-state index in [2.05, 4.69) is 15.3 Å². The second kappa shape index (κ2) is 8.42. The molecule has 0 aliphatic carbocycles. The molecule has 3 N–H and O–H groups in total. The average Bonchev–Trinajstić information content (AvgIpc) is 2.71. The number of ether oxygens (including phenoxy) is 1.